The van der Waals surface area contributed by atoms with Crippen molar-refractivity contribution in [3.05, 3.63) is 71.7 Å². The molecule has 1 aliphatic rings. The fourth-order valence-corrected chi connectivity index (χ4v) is 3.60. The minimum atomic E-state index is -0.161. The van der Waals surface area contributed by atoms with E-state index in [9.17, 15) is 4.39 Å². The number of halogens is 1. The van der Waals surface area contributed by atoms with Crippen LogP contribution in [0.4, 0.5) is 4.39 Å². The minimum Gasteiger partial charge on any atom is -0.347 e. The lowest BCUT2D eigenvalue weighted by Crippen LogP contribution is -2.15. The van der Waals surface area contributed by atoms with Gasteiger partial charge in [0.2, 0.25) is 0 Å². The normalized spacial score (nSPS) is 17.9. The van der Waals surface area contributed by atoms with E-state index in [0.29, 0.717) is 5.92 Å². The van der Waals surface area contributed by atoms with Gasteiger partial charge in [0.05, 0.1) is 5.52 Å². The van der Waals surface area contributed by atoms with Crippen molar-refractivity contribution in [1.82, 2.24) is 4.57 Å². The van der Waals surface area contributed by atoms with Crippen molar-refractivity contribution in [2.45, 2.75) is 31.7 Å². The monoisotopic (exact) mass is 279 g/mol. The Labute approximate surface area is 124 Å². The smallest absolute Gasteiger partial charge is 0.125 e. The van der Waals surface area contributed by atoms with Crippen LogP contribution in [0.25, 0.3) is 10.9 Å². The standard InChI is InChI=1S/C19H18FN/c20-17-9-8-15-10-11-21(19(15)12-17)13-16-6-3-5-14-4-1-2-7-18(14)16/h1-2,4,7-12,16H,3,5-6,13H2. The van der Waals surface area contributed by atoms with Crippen LogP contribution in [-0.4, -0.2) is 4.57 Å². The second-order valence-electron chi connectivity index (χ2n) is 5.96. The van der Waals surface area contributed by atoms with E-state index in [1.807, 2.05) is 6.07 Å². The number of fused-ring (bicyclic) bond motifs is 2. The van der Waals surface area contributed by atoms with Crippen LogP contribution >= 0.6 is 0 Å². The predicted molar refractivity (Wildman–Crippen MR) is 84.0 cm³/mol. The molecule has 0 amide bonds. The molecule has 0 aliphatic heterocycles. The zero-order chi connectivity index (χ0) is 14.2. The molecule has 2 heteroatoms. The first-order valence-corrected chi connectivity index (χ1v) is 7.63. The van der Waals surface area contributed by atoms with Crippen LogP contribution in [0.15, 0.2) is 54.7 Å². The van der Waals surface area contributed by atoms with Gasteiger partial charge >= 0.3 is 0 Å². The summed E-state index contributed by atoms with van der Waals surface area (Å²) in [5.74, 6) is 0.375. The lowest BCUT2D eigenvalue weighted by atomic mass is 9.83. The van der Waals surface area contributed by atoms with Crippen LogP contribution in [0, 0.1) is 5.82 Å². The molecule has 0 saturated carbocycles. The van der Waals surface area contributed by atoms with Crippen LogP contribution in [0.3, 0.4) is 0 Å². The molecule has 0 radical (unpaired) electrons. The van der Waals surface area contributed by atoms with Gasteiger partial charge < -0.3 is 4.57 Å². The number of aryl methyl sites for hydroxylation is 1. The van der Waals surface area contributed by atoms with Gasteiger partial charge in [-0.1, -0.05) is 24.3 Å². The van der Waals surface area contributed by atoms with Crippen molar-refractivity contribution < 1.29 is 4.39 Å². The highest BCUT2D eigenvalue weighted by atomic mass is 19.1. The molecular formula is C19H18FN. The van der Waals surface area contributed by atoms with E-state index < -0.39 is 0 Å². The molecule has 0 fully saturated rings. The average molecular weight is 279 g/mol. The van der Waals surface area contributed by atoms with Crippen molar-refractivity contribution in [2.75, 3.05) is 0 Å². The maximum absolute atomic E-state index is 13.5. The maximum atomic E-state index is 13.5. The number of benzene rings is 2. The highest BCUT2D eigenvalue weighted by Crippen LogP contribution is 2.33. The molecule has 0 spiro atoms. The molecule has 0 bridgehead atoms. The van der Waals surface area contributed by atoms with Gasteiger partial charge in [-0.3, -0.25) is 0 Å². The van der Waals surface area contributed by atoms with Gasteiger partial charge in [0.1, 0.15) is 5.82 Å². The zero-order valence-electron chi connectivity index (χ0n) is 11.9. The highest BCUT2D eigenvalue weighted by molar-refractivity contribution is 5.80. The molecular weight excluding hydrogens is 261 g/mol. The quantitative estimate of drug-likeness (QED) is 0.628. The molecule has 3 aromatic rings. The Morgan fingerprint density at radius 3 is 2.95 bits per heavy atom. The van der Waals surface area contributed by atoms with Gasteiger partial charge in [-0.2, -0.15) is 0 Å². The molecule has 2 aromatic carbocycles. The minimum absolute atomic E-state index is 0.161. The van der Waals surface area contributed by atoms with Crippen molar-refractivity contribution in [3.8, 4) is 0 Å². The first-order valence-electron chi connectivity index (χ1n) is 7.63. The molecule has 4 rings (SSSR count). The third-order valence-electron chi connectivity index (χ3n) is 4.65. The Balaban J connectivity index is 1.71. The van der Waals surface area contributed by atoms with Crippen molar-refractivity contribution in [3.63, 3.8) is 0 Å². The van der Waals surface area contributed by atoms with Crippen LogP contribution in [0.2, 0.25) is 0 Å². The Morgan fingerprint density at radius 1 is 1.10 bits per heavy atom. The van der Waals surface area contributed by atoms with E-state index >= 15 is 0 Å². The zero-order valence-corrected chi connectivity index (χ0v) is 11.9. The fraction of sp³-hybridized carbons (Fsp3) is 0.263. The Bertz CT molecular complexity index is 787. The Hall–Kier alpha value is -2.09. The van der Waals surface area contributed by atoms with Crippen molar-refractivity contribution >= 4 is 10.9 Å². The van der Waals surface area contributed by atoms with Gasteiger partial charge in [-0.25, -0.2) is 4.39 Å². The highest BCUT2D eigenvalue weighted by Gasteiger charge is 2.20. The first kappa shape index (κ1) is 12.6. The molecule has 0 saturated heterocycles. The van der Waals surface area contributed by atoms with Gasteiger partial charge in [0, 0.05) is 18.7 Å². The number of hydrogen-bond acceptors (Lipinski definition) is 0. The Morgan fingerprint density at radius 2 is 2.00 bits per heavy atom. The molecule has 1 aromatic heterocycles. The van der Waals surface area contributed by atoms with Gasteiger partial charge in [-0.05, 0) is 60.0 Å². The molecule has 1 heterocycles. The molecule has 1 nitrogen and oxygen atoms in total. The molecule has 1 unspecified atom stereocenters. The lowest BCUT2D eigenvalue weighted by molar-refractivity contribution is 0.490. The van der Waals surface area contributed by atoms with Gasteiger partial charge in [-0.15, -0.1) is 0 Å². The molecule has 106 valence electrons. The third kappa shape index (κ3) is 2.25. The summed E-state index contributed by atoms with van der Waals surface area (Å²) in [5.41, 5.74) is 3.96. The van der Waals surface area contributed by atoms with E-state index in [0.717, 1.165) is 17.4 Å². The van der Waals surface area contributed by atoms with E-state index in [1.54, 1.807) is 6.07 Å². The second-order valence-corrected chi connectivity index (χ2v) is 5.96. The van der Waals surface area contributed by atoms with Crippen LogP contribution < -0.4 is 0 Å². The first-order chi connectivity index (χ1) is 10.3. The second kappa shape index (κ2) is 5.03. The summed E-state index contributed by atoms with van der Waals surface area (Å²) in [7, 11) is 0. The van der Waals surface area contributed by atoms with Crippen molar-refractivity contribution in [1.29, 1.82) is 0 Å². The summed E-state index contributed by atoms with van der Waals surface area (Å²) in [6, 6.07) is 15.9. The number of hydrogen-bond donors (Lipinski definition) is 0. The van der Waals surface area contributed by atoms with Crippen LogP contribution in [0.5, 0.6) is 0 Å². The predicted octanol–water partition coefficient (Wildman–Crippen LogP) is 4.90. The summed E-state index contributed by atoms with van der Waals surface area (Å²) in [6.07, 6.45) is 5.73. The van der Waals surface area contributed by atoms with E-state index in [2.05, 4.69) is 41.1 Å². The molecule has 21 heavy (non-hydrogen) atoms. The summed E-state index contributed by atoms with van der Waals surface area (Å²) in [5, 5.41) is 1.11. The number of aromatic nitrogens is 1. The summed E-state index contributed by atoms with van der Waals surface area (Å²) in [4.78, 5) is 0. The third-order valence-corrected chi connectivity index (χ3v) is 4.65. The largest absolute Gasteiger partial charge is 0.347 e. The molecule has 1 aliphatic carbocycles. The average Bonchev–Trinajstić information content (AvgIpc) is 2.90. The number of rotatable bonds is 2. The summed E-state index contributed by atoms with van der Waals surface area (Å²) in [6.45, 7) is 0.934. The summed E-state index contributed by atoms with van der Waals surface area (Å²) >= 11 is 0. The topological polar surface area (TPSA) is 4.93 Å². The van der Waals surface area contributed by atoms with Crippen LogP contribution in [-0.2, 0) is 13.0 Å². The molecule has 0 N–H and O–H groups in total. The van der Waals surface area contributed by atoms with Crippen molar-refractivity contribution in [2.24, 2.45) is 0 Å². The van der Waals surface area contributed by atoms with Crippen LogP contribution in [0.1, 0.15) is 29.9 Å². The van der Waals surface area contributed by atoms with E-state index in [-0.39, 0.29) is 5.82 Å². The fourth-order valence-electron chi connectivity index (χ4n) is 3.60. The maximum Gasteiger partial charge on any atom is 0.125 e. The van der Waals surface area contributed by atoms with E-state index in [1.165, 1.54) is 36.5 Å². The Kier molecular flexibility index (Phi) is 3.03. The summed E-state index contributed by atoms with van der Waals surface area (Å²) < 4.78 is 15.7. The van der Waals surface area contributed by atoms with Gasteiger partial charge in [0.15, 0.2) is 0 Å². The number of nitrogens with zero attached hydrogens (tertiary/aromatic N) is 1. The molecule has 1 atom stereocenters. The van der Waals surface area contributed by atoms with Gasteiger partial charge in [0.25, 0.3) is 0 Å². The SMILES string of the molecule is Fc1ccc2ccn(CC3CCCc4ccccc43)c2c1. The van der Waals surface area contributed by atoms with E-state index in [4.69, 9.17) is 0 Å². The lowest BCUT2D eigenvalue weighted by Gasteiger charge is -2.26.